The summed E-state index contributed by atoms with van der Waals surface area (Å²) in [5.74, 6) is 1.75. The van der Waals surface area contributed by atoms with Gasteiger partial charge in [-0.25, -0.2) is 9.67 Å². The van der Waals surface area contributed by atoms with Crippen molar-refractivity contribution >= 4 is 17.7 Å². The zero-order valence-corrected chi connectivity index (χ0v) is 14.7. The highest BCUT2D eigenvalue weighted by molar-refractivity contribution is 8.00. The lowest BCUT2D eigenvalue weighted by atomic mass is 10.3. The Balaban J connectivity index is 1.54. The van der Waals surface area contributed by atoms with Gasteiger partial charge < -0.3 is 4.90 Å². The standard InChI is InChI=1S/C18H22N4OS/c1-13(17(23)21-11-5-6-12-21)24-18-19-16(14-9-10-14)22(20-18)15-7-3-2-4-8-15/h2-4,7-8,13-14H,5-6,9-12H2,1H3. The van der Waals surface area contributed by atoms with Crippen molar-refractivity contribution in [3.05, 3.63) is 36.2 Å². The predicted octanol–water partition coefficient (Wildman–Crippen LogP) is 3.25. The van der Waals surface area contributed by atoms with Gasteiger partial charge in [-0.2, -0.15) is 0 Å². The number of para-hydroxylation sites is 1. The summed E-state index contributed by atoms with van der Waals surface area (Å²) >= 11 is 1.48. The molecule has 0 N–H and O–H groups in total. The van der Waals surface area contributed by atoms with Crippen molar-refractivity contribution in [2.24, 2.45) is 0 Å². The zero-order chi connectivity index (χ0) is 16.5. The fourth-order valence-electron chi connectivity index (χ4n) is 3.12. The van der Waals surface area contributed by atoms with E-state index in [9.17, 15) is 4.79 Å². The van der Waals surface area contributed by atoms with Crippen LogP contribution in [0.1, 0.15) is 44.3 Å². The second-order valence-corrected chi connectivity index (χ2v) is 7.87. The molecule has 0 radical (unpaired) electrons. The molecule has 1 atom stereocenters. The minimum absolute atomic E-state index is 0.137. The maximum absolute atomic E-state index is 12.5. The van der Waals surface area contributed by atoms with E-state index >= 15 is 0 Å². The Labute approximate surface area is 146 Å². The van der Waals surface area contributed by atoms with E-state index in [0.29, 0.717) is 11.1 Å². The monoisotopic (exact) mass is 342 g/mol. The molecule has 1 unspecified atom stereocenters. The van der Waals surface area contributed by atoms with Gasteiger partial charge in [-0.1, -0.05) is 30.0 Å². The summed E-state index contributed by atoms with van der Waals surface area (Å²) in [6, 6.07) is 10.1. The van der Waals surface area contributed by atoms with Crippen molar-refractivity contribution in [2.75, 3.05) is 13.1 Å². The Bertz CT molecular complexity index is 720. The summed E-state index contributed by atoms with van der Waals surface area (Å²) in [6.45, 7) is 3.75. The normalized spacial score (nSPS) is 18.8. The highest BCUT2D eigenvalue weighted by atomic mass is 32.2. The van der Waals surface area contributed by atoms with Gasteiger partial charge in [0.1, 0.15) is 5.82 Å². The number of carbonyl (C=O) groups excluding carboxylic acids is 1. The summed E-state index contributed by atoms with van der Waals surface area (Å²) in [5.41, 5.74) is 1.04. The van der Waals surface area contributed by atoms with Crippen LogP contribution < -0.4 is 0 Å². The number of benzene rings is 1. The van der Waals surface area contributed by atoms with E-state index in [2.05, 4.69) is 5.10 Å². The number of rotatable bonds is 5. The average molecular weight is 342 g/mol. The Morgan fingerprint density at radius 3 is 2.58 bits per heavy atom. The van der Waals surface area contributed by atoms with E-state index in [4.69, 9.17) is 4.98 Å². The van der Waals surface area contributed by atoms with Crippen molar-refractivity contribution in [3.63, 3.8) is 0 Å². The van der Waals surface area contributed by atoms with Crippen molar-refractivity contribution < 1.29 is 4.79 Å². The molecule has 4 rings (SSSR count). The van der Waals surface area contributed by atoms with Crippen LogP contribution in [0.2, 0.25) is 0 Å². The molecule has 1 saturated heterocycles. The average Bonchev–Trinajstić information content (AvgIpc) is 3.14. The maximum Gasteiger partial charge on any atom is 0.235 e. The molecule has 24 heavy (non-hydrogen) atoms. The van der Waals surface area contributed by atoms with E-state index in [1.165, 1.54) is 24.6 Å². The molecule has 1 aliphatic carbocycles. The fourth-order valence-corrected chi connectivity index (χ4v) is 3.96. The number of hydrogen-bond acceptors (Lipinski definition) is 4. The smallest absolute Gasteiger partial charge is 0.235 e. The van der Waals surface area contributed by atoms with Crippen molar-refractivity contribution in [2.45, 2.75) is 48.9 Å². The van der Waals surface area contributed by atoms with Crippen molar-refractivity contribution in [1.29, 1.82) is 0 Å². The number of likely N-dealkylation sites (tertiary alicyclic amines) is 1. The number of aromatic nitrogens is 3. The lowest BCUT2D eigenvalue weighted by Gasteiger charge is -2.18. The van der Waals surface area contributed by atoms with Crippen LogP contribution in [0, 0.1) is 0 Å². The number of hydrogen-bond donors (Lipinski definition) is 0. The molecule has 1 amide bonds. The Morgan fingerprint density at radius 2 is 1.92 bits per heavy atom. The minimum Gasteiger partial charge on any atom is -0.342 e. The molecule has 1 aliphatic heterocycles. The number of amides is 1. The first-order chi connectivity index (χ1) is 11.7. The molecule has 1 saturated carbocycles. The molecule has 5 nitrogen and oxygen atoms in total. The van der Waals surface area contributed by atoms with Crippen LogP contribution in [-0.2, 0) is 4.79 Å². The van der Waals surface area contributed by atoms with Crippen LogP contribution in [0.3, 0.4) is 0 Å². The number of nitrogens with zero attached hydrogens (tertiary/aromatic N) is 4. The van der Waals surface area contributed by atoms with Gasteiger partial charge in [-0.05, 0) is 44.7 Å². The Hall–Kier alpha value is -1.82. The summed E-state index contributed by atoms with van der Waals surface area (Å²) < 4.78 is 1.95. The van der Waals surface area contributed by atoms with Crippen molar-refractivity contribution in [3.8, 4) is 5.69 Å². The van der Waals surface area contributed by atoms with E-state index in [0.717, 1.165) is 37.4 Å². The highest BCUT2D eigenvalue weighted by Crippen LogP contribution is 2.40. The lowest BCUT2D eigenvalue weighted by molar-refractivity contribution is -0.129. The fraction of sp³-hybridized carbons (Fsp3) is 0.500. The third-order valence-electron chi connectivity index (χ3n) is 4.60. The summed E-state index contributed by atoms with van der Waals surface area (Å²) in [6.07, 6.45) is 4.60. The van der Waals surface area contributed by atoms with E-state index < -0.39 is 0 Å². The molecule has 1 aromatic heterocycles. The SMILES string of the molecule is CC(Sc1nc(C2CC2)n(-c2ccccc2)n1)C(=O)N1CCCC1. The summed E-state index contributed by atoms with van der Waals surface area (Å²) in [5, 5.41) is 5.26. The largest absolute Gasteiger partial charge is 0.342 e. The van der Waals surface area contributed by atoms with Gasteiger partial charge in [0.05, 0.1) is 10.9 Å². The number of carbonyl (C=O) groups is 1. The molecule has 2 fully saturated rings. The molecule has 2 aliphatic rings. The van der Waals surface area contributed by atoms with Crippen LogP contribution in [0.4, 0.5) is 0 Å². The number of thioether (sulfide) groups is 1. The van der Waals surface area contributed by atoms with Gasteiger partial charge >= 0.3 is 0 Å². The van der Waals surface area contributed by atoms with E-state index in [1.54, 1.807) is 0 Å². The van der Waals surface area contributed by atoms with Gasteiger partial charge in [0.2, 0.25) is 11.1 Å². The van der Waals surface area contributed by atoms with Crippen LogP contribution in [0.5, 0.6) is 0 Å². The zero-order valence-electron chi connectivity index (χ0n) is 13.9. The predicted molar refractivity (Wildman–Crippen MR) is 94.5 cm³/mol. The Morgan fingerprint density at radius 1 is 1.21 bits per heavy atom. The third kappa shape index (κ3) is 3.20. The first kappa shape index (κ1) is 15.7. The van der Waals surface area contributed by atoms with Crippen LogP contribution in [0.15, 0.2) is 35.5 Å². The topological polar surface area (TPSA) is 51.0 Å². The molecule has 0 bridgehead atoms. The first-order valence-corrected chi connectivity index (χ1v) is 9.58. The van der Waals surface area contributed by atoms with E-state index in [-0.39, 0.29) is 11.2 Å². The van der Waals surface area contributed by atoms with Gasteiger partial charge in [-0.3, -0.25) is 4.79 Å². The third-order valence-corrected chi connectivity index (χ3v) is 5.54. The molecule has 126 valence electrons. The molecular formula is C18H22N4OS. The summed E-state index contributed by atoms with van der Waals surface area (Å²) in [4.78, 5) is 19.2. The summed E-state index contributed by atoms with van der Waals surface area (Å²) in [7, 11) is 0. The van der Waals surface area contributed by atoms with Gasteiger partial charge in [0.15, 0.2) is 0 Å². The van der Waals surface area contributed by atoms with Gasteiger partial charge in [0, 0.05) is 19.0 Å². The van der Waals surface area contributed by atoms with Gasteiger partial charge in [-0.15, -0.1) is 5.10 Å². The van der Waals surface area contributed by atoms with Crippen LogP contribution in [0.25, 0.3) is 5.69 Å². The van der Waals surface area contributed by atoms with Crippen molar-refractivity contribution in [1.82, 2.24) is 19.7 Å². The molecule has 1 aromatic carbocycles. The van der Waals surface area contributed by atoms with E-state index in [1.807, 2.05) is 46.8 Å². The minimum atomic E-state index is -0.137. The quantitative estimate of drug-likeness (QED) is 0.783. The second kappa shape index (κ2) is 6.59. The molecule has 0 spiro atoms. The molecular weight excluding hydrogens is 320 g/mol. The molecule has 2 aromatic rings. The highest BCUT2D eigenvalue weighted by Gasteiger charge is 2.31. The molecule has 6 heteroatoms. The second-order valence-electron chi connectivity index (χ2n) is 6.57. The molecule has 2 heterocycles. The first-order valence-electron chi connectivity index (χ1n) is 8.70. The maximum atomic E-state index is 12.5. The van der Waals surface area contributed by atoms with Crippen LogP contribution in [-0.4, -0.2) is 43.9 Å². The van der Waals surface area contributed by atoms with Crippen LogP contribution >= 0.6 is 11.8 Å². The van der Waals surface area contributed by atoms with Gasteiger partial charge in [0.25, 0.3) is 0 Å². The Kier molecular flexibility index (Phi) is 4.31. The lowest BCUT2D eigenvalue weighted by Crippen LogP contribution is -2.34.